The van der Waals surface area contributed by atoms with E-state index < -0.39 is 41.7 Å². The van der Waals surface area contributed by atoms with E-state index >= 15 is 0 Å². The van der Waals surface area contributed by atoms with Crippen molar-refractivity contribution in [3.8, 4) is 0 Å². The molecule has 112 valence electrons. The predicted octanol–water partition coefficient (Wildman–Crippen LogP) is 2.68. The summed E-state index contributed by atoms with van der Waals surface area (Å²) in [5.41, 5.74) is -3.66. The zero-order chi connectivity index (χ0) is 15.7. The number of aliphatic hydroxyl groups is 1. The van der Waals surface area contributed by atoms with Crippen molar-refractivity contribution >= 4 is 11.6 Å². The number of carbonyl (C=O) groups is 1. The molecule has 0 saturated heterocycles. The Bertz CT molecular complexity index is 476. The molecule has 0 atom stereocenters. The molecule has 0 unspecified atom stereocenters. The minimum absolute atomic E-state index is 0.0409. The zero-order valence-corrected chi connectivity index (χ0v) is 10.0. The lowest BCUT2D eigenvalue weighted by atomic mass is 10.1. The molecule has 20 heavy (non-hydrogen) atoms. The Morgan fingerprint density at radius 2 is 1.45 bits per heavy atom. The number of likely N-dealkylation sites (N-methyl/N-ethyl adjacent to an activating group) is 1. The maximum absolute atomic E-state index is 12.6. The predicted molar refractivity (Wildman–Crippen MR) is 56.9 cm³/mol. The molecule has 0 spiro atoms. The third-order valence-electron chi connectivity index (χ3n) is 2.47. The molecule has 0 aliphatic carbocycles. The highest BCUT2D eigenvalue weighted by molar-refractivity contribution is 5.93. The number of amides is 1. The third-order valence-corrected chi connectivity index (χ3v) is 2.47. The molecule has 9 heteroatoms. The SMILES string of the molecule is CN(C(=O)CO)c1cc(C(F)(F)F)cc(C(F)(F)F)c1. The van der Waals surface area contributed by atoms with Crippen LogP contribution in [0.5, 0.6) is 0 Å². The first-order valence-electron chi connectivity index (χ1n) is 5.13. The first-order chi connectivity index (χ1) is 8.96. The minimum Gasteiger partial charge on any atom is -0.387 e. The van der Waals surface area contributed by atoms with Crippen molar-refractivity contribution in [1.29, 1.82) is 0 Å². The van der Waals surface area contributed by atoms with E-state index in [4.69, 9.17) is 5.11 Å². The van der Waals surface area contributed by atoms with Crippen LogP contribution in [0, 0.1) is 0 Å². The lowest BCUT2D eigenvalue weighted by molar-refractivity contribution is -0.143. The number of carbonyl (C=O) groups excluding carboxylic acids is 1. The van der Waals surface area contributed by atoms with Crippen molar-refractivity contribution < 1.29 is 36.2 Å². The van der Waals surface area contributed by atoms with Crippen LogP contribution in [0.4, 0.5) is 32.0 Å². The quantitative estimate of drug-likeness (QED) is 0.853. The molecule has 1 amide bonds. The summed E-state index contributed by atoms with van der Waals surface area (Å²) in [6.07, 6.45) is -9.97. The number of nitrogens with zero attached hydrogens (tertiary/aromatic N) is 1. The fourth-order valence-electron chi connectivity index (χ4n) is 1.38. The highest BCUT2D eigenvalue weighted by Crippen LogP contribution is 2.38. The Kier molecular flexibility index (Phi) is 4.33. The summed E-state index contributed by atoms with van der Waals surface area (Å²) in [4.78, 5) is 11.7. The monoisotopic (exact) mass is 301 g/mol. The van der Waals surface area contributed by atoms with Crippen LogP contribution in [0.15, 0.2) is 18.2 Å². The van der Waals surface area contributed by atoms with Gasteiger partial charge < -0.3 is 10.0 Å². The first kappa shape index (κ1) is 16.3. The Morgan fingerprint density at radius 1 is 1.05 bits per heavy atom. The summed E-state index contributed by atoms with van der Waals surface area (Å²) >= 11 is 0. The molecule has 0 radical (unpaired) electrons. The fourth-order valence-corrected chi connectivity index (χ4v) is 1.38. The third kappa shape index (κ3) is 3.62. The number of benzene rings is 1. The molecule has 3 nitrogen and oxygen atoms in total. The first-order valence-corrected chi connectivity index (χ1v) is 5.13. The zero-order valence-electron chi connectivity index (χ0n) is 10.0. The summed E-state index contributed by atoms with van der Waals surface area (Å²) in [6.45, 7) is -1.03. The van der Waals surface area contributed by atoms with Gasteiger partial charge in [-0.15, -0.1) is 0 Å². The van der Waals surface area contributed by atoms with Crippen LogP contribution in [-0.4, -0.2) is 24.7 Å². The van der Waals surface area contributed by atoms with Gasteiger partial charge in [0.05, 0.1) is 11.1 Å². The molecule has 1 aromatic rings. The second kappa shape index (κ2) is 5.31. The van der Waals surface area contributed by atoms with Crippen LogP contribution < -0.4 is 4.90 Å². The van der Waals surface area contributed by atoms with Crippen molar-refractivity contribution in [3.05, 3.63) is 29.3 Å². The second-order valence-corrected chi connectivity index (χ2v) is 3.87. The summed E-state index contributed by atoms with van der Waals surface area (Å²) < 4.78 is 75.4. The molecule has 0 aliphatic rings. The normalized spacial score (nSPS) is 12.4. The van der Waals surface area contributed by atoms with Gasteiger partial charge in [0.15, 0.2) is 0 Å². The number of alkyl halides is 6. The van der Waals surface area contributed by atoms with E-state index in [0.717, 1.165) is 7.05 Å². The number of hydrogen-bond acceptors (Lipinski definition) is 2. The van der Waals surface area contributed by atoms with Crippen molar-refractivity contribution in [2.24, 2.45) is 0 Å². The summed E-state index contributed by atoms with van der Waals surface area (Å²) in [5, 5.41) is 8.59. The van der Waals surface area contributed by atoms with Gasteiger partial charge in [-0.1, -0.05) is 0 Å². The van der Waals surface area contributed by atoms with Crippen LogP contribution in [0.25, 0.3) is 0 Å². The highest BCUT2D eigenvalue weighted by atomic mass is 19.4. The van der Waals surface area contributed by atoms with E-state index in [2.05, 4.69) is 0 Å². The summed E-state index contributed by atoms with van der Waals surface area (Å²) in [5.74, 6) is -1.03. The summed E-state index contributed by atoms with van der Waals surface area (Å²) in [7, 11) is 0.966. The fraction of sp³-hybridized carbons (Fsp3) is 0.364. The lowest BCUT2D eigenvalue weighted by Gasteiger charge is -2.20. The Balaban J connectivity index is 3.42. The van der Waals surface area contributed by atoms with Gasteiger partial charge in [-0.05, 0) is 18.2 Å². The van der Waals surface area contributed by atoms with Gasteiger partial charge in [0, 0.05) is 12.7 Å². The topological polar surface area (TPSA) is 40.5 Å². The van der Waals surface area contributed by atoms with Crippen molar-refractivity contribution in [1.82, 2.24) is 0 Å². The van der Waals surface area contributed by atoms with Crippen LogP contribution in [0.1, 0.15) is 11.1 Å². The van der Waals surface area contributed by atoms with Gasteiger partial charge in [0.1, 0.15) is 6.61 Å². The molecule has 0 fully saturated rings. The molecule has 0 bridgehead atoms. The van der Waals surface area contributed by atoms with Gasteiger partial charge in [-0.25, -0.2) is 0 Å². The van der Waals surface area contributed by atoms with E-state index in [1.807, 2.05) is 0 Å². The largest absolute Gasteiger partial charge is 0.416 e. The molecule has 0 heterocycles. The van der Waals surface area contributed by atoms with E-state index in [9.17, 15) is 31.1 Å². The molecule has 0 aliphatic heterocycles. The Labute approximate surface area is 109 Å². The smallest absolute Gasteiger partial charge is 0.387 e. The van der Waals surface area contributed by atoms with Crippen LogP contribution in [0.3, 0.4) is 0 Å². The maximum Gasteiger partial charge on any atom is 0.416 e. The van der Waals surface area contributed by atoms with Gasteiger partial charge in [-0.2, -0.15) is 26.3 Å². The van der Waals surface area contributed by atoms with Crippen molar-refractivity contribution in [2.45, 2.75) is 12.4 Å². The minimum atomic E-state index is -4.99. The van der Waals surface area contributed by atoms with Gasteiger partial charge in [0.2, 0.25) is 0 Å². The van der Waals surface area contributed by atoms with Crippen LogP contribution in [0.2, 0.25) is 0 Å². The molecule has 0 saturated carbocycles. The molecule has 1 rings (SSSR count). The van der Waals surface area contributed by atoms with Gasteiger partial charge in [0.25, 0.3) is 5.91 Å². The van der Waals surface area contributed by atoms with E-state index in [0.29, 0.717) is 17.0 Å². The molecule has 1 N–H and O–H groups in total. The second-order valence-electron chi connectivity index (χ2n) is 3.87. The Morgan fingerprint density at radius 3 is 1.75 bits per heavy atom. The molecule has 1 aromatic carbocycles. The van der Waals surface area contributed by atoms with Gasteiger partial charge >= 0.3 is 12.4 Å². The van der Waals surface area contributed by atoms with Crippen LogP contribution >= 0.6 is 0 Å². The number of rotatable bonds is 2. The van der Waals surface area contributed by atoms with Crippen LogP contribution in [-0.2, 0) is 17.1 Å². The standard InChI is InChI=1S/C11H9F6NO2/c1-18(9(20)5-19)8-3-6(10(12,13)14)2-7(4-8)11(15,16)17/h2-4,19H,5H2,1H3. The average Bonchev–Trinajstić information content (AvgIpc) is 2.34. The molecular weight excluding hydrogens is 292 g/mol. The number of anilines is 1. The maximum atomic E-state index is 12.6. The van der Waals surface area contributed by atoms with E-state index in [1.54, 1.807) is 0 Å². The highest BCUT2D eigenvalue weighted by Gasteiger charge is 2.37. The number of aliphatic hydroxyl groups excluding tert-OH is 1. The van der Waals surface area contributed by atoms with E-state index in [1.165, 1.54) is 0 Å². The number of hydrogen-bond donors (Lipinski definition) is 1. The van der Waals surface area contributed by atoms with Crippen molar-refractivity contribution in [3.63, 3.8) is 0 Å². The summed E-state index contributed by atoms with van der Waals surface area (Å²) in [6, 6.07) is 0.770. The van der Waals surface area contributed by atoms with Crippen molar-refractivity contribution in [2.75, 3.05) is 18.6 Å². The Hall–Kier alpha value is -1.77. The van der Waals surface area contributed by atoms with E-state index in [-0.39, 0.29) is 6.07 Å². The average molecular weight is 301 g/mol. The number of halogens is 6. The lowest BCUT2D eigenvalue weighted by Crippen LogP contribution is -2.29. The molecule has 0 aromatic heterocycles. The van der Waals surface area contributed by atoms with Gasteiger partial charge in [-0.3, -0.25) is 4.79 Å². The molecular formula is C11H9F6NO2.